The molecule has 0 N–H and O–H groups in total. The number of Topliss-reactive ketones (excluding diaryl/α,β-unsaturated/α-hetero) is 2. The average Bonchev–Trinajstić information content (AvgIpc) is 2.41. The first-order valence-corrected chi connectivity index (χ1v) is 5.76. The van der Waals surface area contributed by atoms with Gasteiger partial charge in [0, 0.05) is 11.0 Å². The normalized spacial score (nSPS) is 15.2. The molecule has 0 unspecified atom stereocenters. The third-order valence-electron chi connectivity index (χ3n) is 3.43. The molecule has 0 saturated heterocycles. The first kappa shape index (κ1) is 10.8. The van der Waals surface area contributed by atoms with Gasteiger partial charge >= 0.3 is 0 Å². The maximum Gasteiger partial charge on any atom is 0.235 e. The van der Waals surface area contributed by atoms with Crippen LogP contribution in [-0.2, 0) is 4.79 Å². The van der Waals surface area contributed by atoms with Gasteiger partial charge in [0.15, 0.2) is 0 Å². The highest BCUT2D eigenvalue weighted by atomic mass is 16.2. The third-order valence-corrected chi connectivity index (χ3v) is 3.43. The summed E-state index contributed by atoms with van der Waals surface area (Å²) < 4.78 is 0. The number of rotatable bonds is 0. The first-order chi connectivity index (χ1) is 8.59. The number of para-hydroxylation sites is 1. The van der Waals surface area contributed by atoms with E-state index >= 15 is 0 Å². The van der Waals surface area contributed by atoms with Crippen molar-refractivity contribution >= 4 is 28.0 Å². The molecule has 1 aliphatic rings. The Bertz CT molecular complexity index is 741. The molecule has 3 heteroatoms. The molecule has 1 aliphatic carbocycles. The largest absolute Gasteiger partial charge is 0.285 e. The number of hydrogen-bond donors (Lipinski definition) is 0. The van der Waals surface area contributed by atoms with Gasteiger partial charge in [-0.15, -0.1) is 0 Å². The summed E-state index contributed by atoms with van der Waals surface area (Å²) in [6.07, 6.45) is 0. The van der Waals surface area contributed by atoms with Gasteiger partial charge in [0.2, 0.25) is 11.6 Å². The lowest BCUT2D eigenvalue weighted by molar-refractivity contribution is -0.111. The number of allylic oxidation sites excluding steroid dienone is 2. The number of aromatic nitrogens is 1. The second kappa shape index (κ2) is 3.60. The van der Waals surface area contributed by atoms with Crippen LogP contribution in [0.3, 0.4) is 0 Å². The van der Waals surface area contributed by atoms with Gasteiger partial charge in [-0.3, -0.25) is 9.59 Å². The molecule has 0 atom stereocenters. The zero-order valence-electron chi connectivity index (χ0n) is 10.2. The van der Waals surface area contributed by atoms with Crippen LogP contribution in [0.1, 0.15) is 29.9 Å². The van der Waals surface area contributed by atoms with Gasteiger partial charge in [-0.05, 0) is 31.6 Å². The third kappa shape index (κ3) is 1.34. The summed E-state index contributed by atoms with van der Waals surface area (Å²) in [4.78, 5) is 28.3. The van der Waals surface area contributed by atoms with Crippen molar-refractivity contribution in [3.8, 4) is 0 Å². The molecule has 0 saturated carbocycles. The fraction of sp³-hybridized carbons (Fsp3) is 0.133. The van der Waals surface area contributed by atoms with Crippen molar-refractivity contribution in [1.29, 1.82) is 0 Å². The molecule has 3 rings (SSSR count). The van der Waals surface area contributed by atoms with Gasteiger partial charge in [0.25, 0.3) is 0 Å². The minimum Gasteiger partial charge on any atom is -0.285 e. The Hall–Kier alpha value is -2.29. The summed E-state index contributed by atoms with van der Waals surface area (Å²) in [6.45, 7) is 3.51. The molecule has 2 aromatic rings. The number of fused-ring (bicyclic) bond motifs is 2. The van der Waals surface area contributed by atoms with Crippen LogP contribution in [0.2, 0.25) is 0 Å². The number of ketones is 2. The predicted octanol–water partition coefficient (Wildman–Crippen LogP) is 2.79. The molecule has 0 bridgehead atoms. The number of pyridine rings is 1. The highest BCUT2D eigenvalue weighted by Gasteiger charge is 2.29. The Morgan fingerprint density at radius 1 is 0.944 bits per heavy atom. The van der Waals surface area contributed by atoms with E-state index in [1.165, 1.54) is 0 Å². The zero-order chi connectivity index (χ0) is 12.9. The Kier molecular flexibility index (Phi) is 2.17. The minimum atomic E-state index is -0.452. The second-order valence-electron chi connectivity index (χ2n) is 4.49. The van der Waals surface area contributed by atoms with Gasteiger partial charge < -0.3 is 0 Å². The molecule has 1 heterocycles. The van der Waals surface area contributed by atoms with Gasteiger partial charge in [-0.25, -0.2) is 4.98 Å². The lowest BCUT2D eigenvalue weighted by Crippen LogP contribution is -2.23. The van der Waals surface area contributed by atoms with Crippen molar-refractivity contribution in [3.63, 3.8) is 0 Å². The summed E-state index contributed by atoms with van der Waals surface area (Å²) in [7, 11) is 0. The minimum absolute atomic E-state index is 0.418. The van der Waals surface area contributed by atoms with Crippen LogP contribution in [0.5, 0.6) is 0 Å². The number of hydrogen-bond acceptors (Lipinski definition) is 3. The van der Waals surface area contributed by atoms with Gasteiger partial charge in [-0.2, -0.15) is 0 Å². The SMILES string of the molecule is CC1=C(C)c2nc3ccccc3cc2C(=O)C1=O. The Morgan fingerprint density at radius 2 is 1.67 bits per heavy atom. The quantitative estimate of drug-likeness (QED) is 0.662. The average molecular weight is 237 g/mol. The zero-order valence-corrected chi connectivity index (χ0v) is 10.2. The van der Waals surface area contributed by atoms with E-state index in [1.54, 1.807) is 13.0 Å². The summed E-state index contributed by atoms with van der Waals surface area (Å²) in [5.41, 5.74) is 3.18. The van der Waals surface area contributed by atoms with E-state index in [9.17, 15) is 9.59 Å². The second-order valence-corrected chi connectivity index (χ2v) is 4.49. The molecular weight excluding hydrogens is 226 g/mol. The van der Waals surface area contributed by atoms with Crippen molar-refractivity contribution in [1.82, 2.24) is 4.98 Å². The van der Waals surface area contributed by atoms with Crippen LogP contribution in [-0.4, -0.2) is 16.6 Å². The van der Waals surface area contributed by atoms with E-state index in [1.807, 2.05) is 31.2 Å². The van der Waals surface area contributed by atoms with Crippen LogP contribution < -0.4 is 0 Å². The Morgan fingerprint density at radius 3 is 2.44 bits per heavy atom. The molecule has 1 aromatic heterocycles. The molecule has 18 heavy (non-hydrogen) atoms. The number of carbonyl (C=O) groups excluding carboxylic acids is 2. The van der Waals surface area contributed by atoms with E-state index in [-0.39, 0.29) is 0 Å². The maximum absolute atomic E-state index is 12.0. The van der Waals surface area contributed by atoms with Crippen molar-refractivity contribution in [2.75, 3.05) is 0 Å². The monoisotopic (exact) mass is 237 g/mol. The van der Waals surface area contributed by atoms with E-state index in [4.69, 9.17) is 0 Å². The standard InChI is InChI=1S/C15H11NO2/c1-8-9(2)14(17)15(18)11-7-10-5-3-4-6-12(10)16-13(8)11/h3-7H,1-2H3. The smallest absolute Gasteiger partial charge is 0.235 e. The van der Waals surface area contributed by atoms with Gasteiger partial charge in [-0.1, -0.05) is 18.2 Å². The number of carbonyl (C=O) groups is 2. The lowest BCUT2D eigenvalue weighted by atomic mass is 9.88. The number of nitrogens with zero attached hydrogens (tertiary/aromatic N) is 1. The molecule has 3 nitrogen and oxygen atoms in total. The highest BCUT2D eigenvalue weighted by molar-refractivity contribution is 6.52. The molecule has 0 amide bonds. The van der Waals surface area contributed by atoms with Crippen LogP contribution in [0, 0.1) is 0 Å². The summed E-state index contributed by atoms with van der Waals surface area (Å²) in [5, 5.41) is 0.879. The molecule has 88 valence electrons. The summed E-state index contributed by atoms with van der Waals surface area (Å²) >= 11 is 0. The van der Waals surface area contributed by atoms with Crippen LogP contribution >= 0.6 is 0 Å². The van der Waals surface area contributed by atoms with Crippen LogP contribution in [0.15, 0.2) is 35.9 Å². The van der Waals surface area contributed by atoms with Crippen LogP contribution in [0.25, 0.3) is 16.5 Å². The lowest BCUT2D eigenvalue weighted by Gasteiger charge is -2.16. The van der Waals surface area contributed by atoms with Crippen molar-refractivity contribution in [3.05, 3.63) is 47.2 Å². The summed E-state index contributed by atoms with van der Waals surface area (Å²) in [5.74, 6) is -0.872. The van der Waals surface area contributed by atoms with Crippen LogP contribution in [0.4, 0.5) is 0 Å². The fourth-order valence-corrected chi connectivity index (χ4v) is 2.22. The summed E-state index contributed by atoms with van der Waals surface area (Å²) in [6, 6.07) is 9.34. The molecular formula is C15H11NO2. The topological polar surface area (TPSA) is 47.0 Å². The van der Waals surface area contributed by atoms with E-state index < -0.39 is 11.6 Å². The first-order valence-electron chi connectivity index (χ1n) is 5.76. The van der Waals surface area contributed by atoms with Gasteiger partial charge in [0.05, 0.1) is 16.8 Å². The van der Waals surface area contributed by atoms with E-state index in [2.05, 4.69) is 4.98 Å². The predicted molar refractivity (Wildman–Crippen MR) is 69.3 cm³/mol. The Labute approximate surface area is 104 Å². The maximum atomic E-state index is 12.0. The molecule has 0 spiro atoms. The molecule has 0 fully saturated rings. The van der Waals surface area contributed by atoms with Crippen molar-refractivity contribution < 1.29 is 9.59 Å². The van der Waals surface area contributed by atoms with Crippen molar-refractivity contribution in [2.45, 2.75) is 13.8 Å². The fourth-order valence-electron chi connectivity index (χ4n) is 2.22. The molecule has 0 aliphatic heterocycles. The number of benzene rings is 1. The van der Waals surface area contributed by atoms with E-state index in [0.717, 1.165) is 16.5 Å². The van der Waals surface area contributed by atoms with Crippen molar-refractivity contribution in [2.24, 2.45) is 0 Å². The van der Waals surface area contributed by atoms with Gasteiger partial charge in [0.1, 0.15) is 0 Å². The highest BCUT2D eigenvalue weighted by Crippen LogP contribution is 2.29. The van der Waals surface area contributed by atoms with E-state index in [0.29, 0.717) is 16.8 Å². The molecule has 0 radical (unpaired) electrons. The Balaban J connectivity index is 2.42. The molecule has 1 aromatic carbocycles.